The van der Waals surface area contributed by atoms with Gasteiger partial charge in [-0.1, -0.05) is 17.7 Å². The number of nitrogens with zero attached hydrogens (tertiary/aromatic N) is 1. The van der Waals surface area contributed by atoms with E-state index < -0.39 is 0 Å². The minimum atomic E-state index is -0.00395. The molecule has 1 aromatic carbocycles. The van der Waals surface area contributed by atoms with Gasteiger partial charge in [-0.3, -0.25) is 0 Å². The van der Waals surface area contributed by atoms with Crippen LogP contribution in [0.2, 0.25) is 0 Å². The summed E-state index contributed by atoms with van der Waals surface area (Å²) in [5.74, 6) is 0. The number of hydrogen-bond acceptors (Lipinski definition) is 4. The lowest BCUT2D eigenvalue weighted by atomic mass is 10.1. The molecule has 0 bridgehead atoms. The maximum atomic E-state index is 5.97. The van der Waals surface area contributed by atoms with Crippen molar-refractivity contribution in [2.24, 2.45) is 0 Å². The molecule has 128 valence electrons. The van der Waals surface area contributed by atoms with E-state index in [9.17, 15) is 0 Å². The first-order valence-corrected chi connectivity index (χ1v) is 8.98. The Morgan fingerprint density at radius 3 is 2.43 bits per heavy atom. The van der Waals surface area contributed by atoms with Gasteiger partial charge in [-0.15, -0.1) is 0 Å². The predicted octanol–water partition coefficient (Wildman–Crippen LogP) is 3.52. The van der Waals surface area contributed by atoms with Crippen LogP contribution in [0.15, 0.2) is 24.3 Å². The summed E-state index contributed by atoms with van der Waals surface area (Å²) in [6, 6.07) is 8.80. The second-order valence-corrected chi connectivity index (χ2v) is 6.56. The first-order chi connectivity index (χ1) is 11.3. The SMILES string of the molecule is Cc1ccc(N2CCC(OCCOC3CCCCO3)CC2)cc1. The Morgan fingerprint density at radius 2 is 1.74 bits per heavy atom. The zero-order valence-corrected chi connectivity index (χ0v) is 14.2. The molecule has 0 saturated carbocycles. The first kappa shape index (κ1) is 16.7. The maximum Gasteiger partial charge on any atom is 0.157 e. The van der Waals surface area contributed by atoms with Crippen molar-refractivity contribution in [3.05, 3.63) is 29.8 Å². The summed E-state index contributed by atoms with van der Waals surface area (Å²) in [4.78, 5) is 2.45. The molecule has 2 aliphatic heterocycles. The summed E-state index contributed by atoms with van der Waals surface area (Å²) < 4.78 is 17.2. The Morgan fingerprint density at radius 1 is 1.00 bits per heavy atom. The number of hydrogen-bond donors (Lipinski definition) is 0. The van der Waals surface area contributed by atoms with Gasteiger partial charge in [0, 0.05) is 25.4 Å². The van der Waals surface area contributed by atoms with Crippen LogP contribution in [0.5, 0.6) is 0 Å². The van der Waals surface area contributed by atoms with E-state index >= 15 is 0 Å². The van der Waals surface area contributed by atoms with Crippen molar-refractivity contribution in [3.8, 4) is 0 Å². The Kier molecular flexibility index (Phi) is 6.31. The minimum absolute atomic E-state index is 0.00395. The fourth-order valence-corrected chi connectivity index (χ4v) is 3.27. The van der Waals surface area contributed by atoms with Gasteiger partial charge < -0.3 is 19.1 Å². The van der Waals surface area contributed by atoms with Crippen LogP contribution in [0, 0.1) is 6.92 Å². The molecular weight excluding hydrogens is 290 g/mol. The van der Waals surface area contributed by atoms with E-state index in [1.165, 1.54) is 17.7 Å². The lowest BCUT2D eigenvalue weighted by Gasteiger charge is -2.33. The second-order valence-electron chi connectivity index (χ2n) is 6.56. The molecule has 4 heteroatoms. The van der Waals surface area contributed by atoms with Crippen LogP contribution in [0.25, 0.3) is 0 Å². The van der Waals surface area contributed by atoms with Gasteiger partial charge in [-0.2, -0.15) is 0 Å². The van der Waals surface area contributed by atoms with Crippen molar-refractivity contribution in [2.75, 3.05) is 37.8 Å². The van der Waals surface area contributed by atoms with Gasteiger partial charge in [0.1, 0.15) is 0 Å². The molecule has 0 radical (unpaired) electrons. The summed E-state index contributed by atoms with van der Waals surface area (Å²) in [6.45, 7) is 6.42. The number of aryl methyl sites for hydroxylation is 1. The third-order valence-electron chi connectivity index (χ3n) is 4.72. The average molecular weight is 319 g/mol. The highest BCUT2D eigenvalue weighted by molar-refractivity contribution is 5.47. The molecule has 1 aromatic rings. The standard InChI is InChI=1S/C19H29NO3/c1-16-5-7-17(8-6-16)20-11-9-18(10-12-20)21-14-15-23-19-4-2-3-13-22-19/h5-8,18-19H,2-4,9-15H2,1H3. The highest BCUT2D eigenvalue weighted by Gasteiger charge is 2.20. The van der Waals surface area contributed by atoms with Gasteiger partial charge in [0.25, 0.3) is 0 Å². The molecule has 2 fully saturated rings. The van der Waals surface area contributed by atoms with Crippen molar-refractivity contribution >= 4 is 5.69 Å². The quantitative estimate of drug-likeness (QED) is 0.751. The number of ether oxygens (including phenoxy) is 3. The summed E-state index contributed by atoms with van der Waals surface area (Å²) >= 11 is 0. The van der Waals surface area contributed by atoms with Crippen molar-refractivity contribution in [3.63, 3.8) is 0 Å². The normalized spacial score (nSPS) is 23.2. The third-order valence-corrected chi connectivity index (χ3v) is 4.72. The molecular formula is C19H29NO3. The molecule has 1 unspecified atom stereocenters. The van der Waals surface area contributed by atoms with E-state index in [0.29, 0.717) is 19.3 Å². The van der Waals surface area contributed by atoms with Crippen LogP contribution in [-0.4, -0.2) is 45.3 Å². The van der Waals surface area contributed by atoms with E-state index in [0.717, 1.165) is 45.4 Å². The summed E-state index contributed by atoms with van der Waals surface area (Å²) in [5, 5.41) is 0. The van der Waals surface area contributed by atoms with Crippen molar-refractivity contribution < 1.29 is 14.2 Å². The van der Waals surface area contributed by atoms with Crippen molar-refractivity contribution in [1.29, 1.82) is 0 Å². The topological polar surface area (TPSA) is 30.9 Å². The zero-order chi connectivity index (χ0) is 15.9. The smallest absolute Gasteiger partial charge is 0.157 e. The van der Waals surface area contributed by atoms with Crippen LogP contribution < -0.4 is 4.90 Å². The number of anilines is 1. The van der Waals surface area contributed by atoms with Crippen LogP contribution in [0.4, 0.5) is 5.69 Å². The molecule has 4 nitrogen and oxygen atoms in total. The minimum Gasteiger partial charge on any atom is -0.376 e. The molecule has 2 saturated heterocycles. The van der Waals surface area contributed by atoms with Gasteiger partial charge >= 0.3 is 0 Å². The lowest BCUT2D eigenvalue weighted by Crippen LogP contribution is -2.37. The van der Waals surface area contributed by atoms with Gasteiger partial charge in [-0.05, 0) is 51.2 Å². The van der Waals surface area contributed by atoms with Crippen molar-refractivity contribution in [2.45, 2.75) is 51.4 Å². The zero-order valence-electron chi connectivity index (χ0n) is 14.2. The van der Waals surface area contributed by atoms with Gasteiger partial charge in [0.05, 0.1) is 19.3 Å². The van der Waals surface area contributed by atoms with E-state index in [4.69, 9.17) is 14.2 Å². The predicted molar refractivity (Wildman–Crippen MR) is 91.9 cm³/mol. The lowest BCUT2D eigenvalue weighted by molar-refractivity contribution is -0.171. The Hall–Kier alpha value is -1.10. The third kappa shape index (κ3) is 5.20. The maximum absolute atomic E-state index is 5.97. The van der Waals surface area contributed by atoms with E-state index in [1.54, 1.807) is 0 Å². The number of rotatable bonds is 6. The number of piperidine rings is 1. The molecule has 0 aliphatic carbocycles. The van der Waals surface area contributed by atoms with Crippen LogP contribution in [0.3, 0.4) is 0 Å². The van der Waals surface area contributed by atoms with E-state index in [-0.39, 0.29) is 6.29 Å². The van der Waals surface area contributed by atoms with Crippen molar-refractivity contribution in [1.82, 2.24) is 0 Å². The van der Waals surface area contributed by atoms with E-state index in [2.05, 4.69) is 36.1 Å². The highest BCUT2D eigenvalue weighted by Crippen LogP contribution is 2.22. The fraction of sp³-hybridized carbons (Fsp3) is 0.684. The number of benzene rings is 1. The average Bonchev–Trinajstić information content (AvgIpc) is 2.61. The fourth-order valence-electron chi connectivity index (χ4n) is 3.27. The van der Waals surface area contributed by atoms with Crippen LogP contribution >= 0.6 is 0 Å². The van der Waals surface area contributed by atoms with Crippen LogP contribution in [0.1, 0.15) is 37.7 Å². The summed E-state index contributed by atoms with van der Waals surface area (Å²) in [7, 11) is 0. The van der Waals surface area contributed by atoms with E-state index in [1.807, 2.05) is 0 Å². The molecule has 0 aromatic heterocycles. The molecule has 2 heterocycles. The molecule has 0 N–H and O–H groups in total. The molecule has 23 heavy (non-hydrogen) atoms. The highest BCUT2D eigenvalue weighted by atomic mass is 16.7. The monoisotopic (exact) mass is 319 g/mol. The molecule has 1 atom stereocenters. The Bertz CT molecular complexity index is 448. The summed E-state index contributed by atoms with van der Waals surface area (Å²) in [5.41, 5.74) is 2.64. The molecule has 0 amide bonds. The van der Waals surface area contributed by atoms with Crippen LogP contribution in [-0.2, 0) is 14.2 Å². The molecule has 2 aliphatic rings. The Labute approximate surface area is 139 Å². The first-order valence-electron chi connectivity index (χ1n) is 8.98. The Balaban J connectivity index is 1.30. The molecule has 3 rings (SSSR count). The molecule has 0 spiro atoms. The second kappa shape index (κ2) is 8.67. The van der Waals surface area contributed by atoms with Gasteiger partial charge in [0.2, 0.25) is 0 Å². The van der Waals surface area contributed by atoms with Gasteiger partial charge in [0.15, 0.2) is 6.29 Å². The van der Waals surface area contributed by atoms with Gasteiger partial charge in [-0.25, -0.2) is 0 Å². The largest absolute Gasteiger partial charge is 0.376 e. The summed E-state index contributed by atoms with van der Waals surface area (Å²) in [6.07, 6.45) is 5.94.